The van der Waals surface area contributed by atoms with E-state index in [0.717, 1.165) is 6.54 Å². The average Bonchev–Trinajstić information content (AvgIpc) is 2.33. The van der Waals surface area contributed by atoms with Crippen LogP contribution in [0.2, 0.25) is 0 Å². The van der Waals surface area contributed by atoms with Crippen LogP contribution < -0.4 is 4.90 Å². The molecule has 0 radical (unpaired) electrons. The summed E-state index contributed by atoms with van der Waals surface area (Å²) in [5, 5.41) is 0. The average molecular weight is 301 g/mol. The Balaban J connectivity index is 2.48. The van der Waals surface area contributed by atoms with Gasteiger partial charge in [-0.15, -0.1) is 0 Å². The lowest BCUT2D eigenvalue weighted by molar-refractivity contribution is 0.495. The minimum Gasteiger partial charge on any atom is -0.366 e. The number of benzene rings is 1. The van der Waals surface area contributed by atoms with Gasteiger partial charge in [-0.1, -0.05) is 0 Å². The summed E-state index contributed by atoms with van der Waals surface area (Å²) in [5.74, 6) is 0. The number of hydrogen-bond donors (Lipinski definition) is 0. The van der Waals surface area contributed by atoms with Crippen molar-refractivity contribution in [3.8, 4) is 0 Å². The molecule has 2 rings (SSSR count). The summed E-state index contributed by atoms with van der Waals surface area (Å²) in [7, 11) is 0. The first kappa shape index (κ1) is 10.3. The van der Waals surface area contributed by atoms with E-state index in [1.807, 2.05) is 0 Å². The minimum absolute atomic E-state index is 0.293. The van der Waals surface area contributed by atoms with E-state index < -0.39 is 0 Å². The number of anilines is 1. The second kappa shape index (κ2) is 3.40. The van der Waals surface area contributed by atoms with Crippen molar-refractivity contribution < 1.29 is 0 Å². The van der Waals surface area contributed by atoms with Crippen molar-refractivity contribution in [2.45, 2.75) is 32.7 Å². The van der Waals surface area contributed by atoms with Crippen molar-refractivity contribution in [1.82, 2.24) is 0 Å². The van der Waals surface area contributed by atoms with E-state index in [2.05, 4.69) is 66.5 Å². The molecule has 1 nitrogen and oxygen atoms in total. The van der Waals surface area contributed by atoms with Crippen LogP contribution in [0.4, 0.5) is 5.69 Å². The number of hydrogen-bond acceptors (Lipinski definition) is 1. The van der Waals surface area contributed by atoms with Gasteiger partial charge in [0.15, 0.2) is 0 Å². The summed E-state index contributed by atoms with van der Waals surface area (Å²) in [5.41, 5.74) is 3.23. The summed E-state index contributed by atoms with van der Waals surface area (Å²) in [6.45, 7) is 7.97. The molecule has 14 heavy (non-hydrogen) atoms. The molecule has 2 heteroatoms. The van der Waals surface area contributed by atoms with Crippen LogP contribution in [-0.2, 0) is 6.42 Å². The Morgan fingerprint density at radius 2 is 2.14 bits per heavy atom. The molecule has 0 aliphatic carbocycles. The molecule has 0 N–H and O–H groups in total. The van der Waals surface area contributed by atoms with E-state index in [-0.39, 0.29) is 0 Å². The summed E-state index contributed by atoms with van der Waals surface area (Å²) in [4.78, 5) is 2.50. The van der Waals surface area contributed by atoms with Crippen LogP contribution in [0.15, 0.2) is 18.2 Å². The van der Waals surface area contributed by atoms with Crippen LogP contribution in [0.5, 0.6) is 0 Å². The third kappa shape index (κ3) is 1.53. The predicted octanol–water partition coefficient (Wildman–Crippen LogP) is 3.45. The first-order valence-electron chi connectivity index (χ1n) is 5.10. The standard InChI is InChI=1S/C12H16IN/c1-4-14-11-6-5-10(13)7-9(11)8-12(14,2)3/h5-7H,4,8H2,1-3H3. The zero-order valence-corrected chi connectivity index (χ0v) is 11.1. The van der Waals surface area contributed by atoms with Crippen LogP contribution in [0.25, 0.3) is 0 Å². The molecule has 0 bridgehead atoms. The number of nitrogens with zero attached hydrogens (tertiary/aromatic N) is 1. The third-order valence-corrected chi connectivity index (χ3v) is 3.67. The fourth-order valence-corrected chi connectivity index (χ4v) is 3.00. The van der Waals surface area contributed by atoms with Gasteiger partial charge in [-0.2, -0.15) is 0 Å². The van der Waals surface area contributed by atoms with Gasteiger partial charge in [0, 0.05) is 21.3 Å². The third-order valence-electron chi connectivity index (χ3n) is 3.00. The molecular weight excluding hydrogens is 285 g/mol. The molecule has 0 fully saturated rings. The highest BCUT2D eigenvalue weighted by atomic mass is 127. The van der Waals surface area contributed by atoms with Gasteiger partial charge in [-0.05, 0) is 73.5 Å². The van der Waals surface area contributed by atoms with Crippen molar-refractivity contribution in [1.29, 1.82) is 0 Å². The molecule has 0 aromatic heterocycles. The molecular formula is C12H16IN. The molecule has 1 heterocycles. The highest BCUT2D eigenvalue weighted by Crippen LogP contribution is 2.38. The number of likely N-dealkylation sites (N-methyl/N-ethyl adjacent to an activating group) is 1. The van der Waals surface area contributed by atoms with Gasteiger partial charge in [-0.25, -0.2) is 0 Å². The van der Waals surface area contributed by atoms with Crippen molar-refractivity contribution in [3.63, 3.8) is 0 Å². The van der Waals surface area contributed by atoms with Gasteiger partial charge in [-0.3, -0.25) is 0 Å². The van der Waals surface area contributed by atoms with Crippen LogP contribution in [-0.4, -0.2) is 12.1 Å². The van der Waals surface area contributed by atoms with Gasteiger partial charge in [0.05, 0.1) is 0 Å². The maximum absolute atomic E-state index is 2.50. The first-order chi connectivity index (χ1) is 6.54. The number of halogens is 1. The quantitative estimate of drug-likeness (QED) is 0.718. The van der Waals surface area contributed by atoms with Crippen LogP contribution in [0, 0.1) is 3.57 Å². The number of fused-ring (bicyclic) bond motifs is 1. The smallest absolute Gasteiger partial charge is 0.0404 e. The molecule has 1 aliphatic heterocycles. The SMILES string of the molecule is CCN1c2ccc(I)cc2CC1(C)C. The van der Waals surface area contributed by atoms with E-state index in [1.165, 1.54) is 21.2 Å². The van der Waals surface area contributed by atoms with Crippen LogP contribution >= 0.6 is 22.6 Å². The summed E-state index contributed by atoms with van der Waals surface area (Å²) < 4.78 is 1.34. The van der Waals surface area contributed by atoms with Crippen molar-refractivity contribution in [3.05, 3.63) is 27.3 Å². The lowest BCUT2D eigenvalue weighted by atomic mass is 9.99. The van der Waals surface area contributed by atoms with E-state index in [0.29, 0.717) is 5.54 Å². The van der Waals surface area contributed by atoms with Crippen LogP contribution in [0.1, 0.15) is 26.3 Å². The topological polar surface area (TPSA) is 3.24 Å². The second-order valence-corrected chi connectivity index (χ2v) is 5.75. The maximum atomic E-state index is 2.50. The molecule has 0 amide bonds. The highest BCUT2D eigenvalue weighted by Gasteiger charge is 2.34. The molecule has 0 saturated carbocycles. The van der Waals surface area contributed by atoms with E-state index in [9.17, 15) is 0 Å². The number of rotatable bonds is 1. The molecule has 0 spiro atoms. The van der Waals surface area contributed by atoms with Crippen LogP contribution in [0.3, 0.4) is 0 Å². The fourth-order valence-electron chi connectivity index (χ4n) is 2.44. The Morgan fingerprint density at radius 3 is 2.79 bits per heavy atom. The first-order valence-corrected chi connectivity index (χ1v) is 6.18. The molecule has 1 aromatic rings. The molecule has 0 unspecified atom stereocenters. The monoisotopic (exact) mass is 301 g/mol. The van der Waals surface area contributed by atoms with Crippen molar-refractivity contribution in [2.75, 3.05) is 11.4 Å². The maximum Gasteiger partial charge on any atom is 0.0404 e. The van der Waals surface area contributed by atoms with Gasteiger partial charge in [0.1, 0.15) is 0 Å². The van der Waals surface area contributed by atoms with E-state index in [1.54, 1.807) is 0 Å². The zero-order valence-electron chi connectivity index (χ0n) is 8.97. The van der Waals surface area contributed by atoms with Crippen molar-refractivity contribution in [2.24, 2.45) is 0 Å². The summed E-state index contributed by atoms with van der Waals surface area (Å²) >= 11 is 2.39. The Kier molecular flexibility index (Phi) is 2.50. The Hall–Kier alpha value is -0.250. The second-order valence-electron chi connectivity index (χ2n) is 4.51. The largest absolute Gasteiger partial charge is 0.366 e. The summed E-state index contributed by atoms with van der Waals surface area (Å²) in [6, 6.07) is 6.77. The normalized spacial score (nSPS) is 18.4. The van der Waals surface area contributed by atoms with Gasteiger partial charge < -0.3 is 4.90 Å². The molecule has 1 aliphatic rings. The fraction of sp³-hybridized carbons (Fsp3) is 0.500. The predicted molar refractivity (Wildman–Crippen MR) is 70.0 cm³/mol. The molecule has 0 saturated heterocycles. The summed E-state index contributed by atoms with van der Waals surface area (Å²) in [6.07, 6.45) is 1.17. The molecule has 0 atom stereocenters. The van der Waals surface area contributed by atoms with E-state index >= 15 is 0 Å². The zero-order chi connectivity index (χ0) is 10.3. The van der Waals surface area contributed by atoms with Gasteiger partial charge in [0.25, 0.3) is 0 Å². The molecule has 1 aromatic carbocycles. The molecule has 76 valence electrons. The van der Waals surface area contributed by atoms with Gasteiger partial charge >= 0.3 is 0 Å². The highest BCUT2D eigenvalue weighted by molar-refractivity contribution is 14.1. The Morgan fingerprint density at radius 1 is 1.43 bits per heavy atom. The van der Waals surface area contributed by atoms with Gasteiger partial charge in [0.2, 0.25) is 0 Å². The minimum atomic E-state index is 0.293. The van der Waals surface area contributed by atoms with Crippen molar-refractivity contribution >= 4 is 28.3 Å². The Bertz CT molecular complexity index is 357. The lowest BCUT2D eigenvalue weighted by Crippen LogP contribution is -2.40. The Labute approximate surface area is 99.6 Å². The lowest BCUT2D eigenvalue weighted by Gasteiger charge is -2.33. The van der Waals surface area contributed by atoms with E-state index in [4.69, 9.17) is 0 Å².